The Morgan fingerprint density at radius 2 is 2.11 bits per heavy atom. The Kier molecular flexibility index (Phi) is 3.19. The molecule has 3 heteroatoms. The first-order chi connectivity index (χ1) is 9.07. The highest BCUT2D eigenvalue weighted by Crippen LogP contribution is 2.42. The Hall–Kier alpha value is -1.19. The summed E-state index contributed by atoms with van der Waals surface area (Å²) >= 11 is 3.43. The molecule has 0 N–H and O–H groups in total. The third kappa shape index (κ3) is 2.45. The number of hydrogen-bond donors (Lipinski definition) is 0. The third-order valence-corrected chi connectivity index (χ3v) is 4.45. The van der Waals surface area contributed by atoms with E-state index in [4.69, 9.17) is 4.74 Å². The van der Waals surface area contributed by atoms with Gasteiger partial charge in [0.25, 0.3) is 0 Å². The lowest BCUT2D eigenvalue weighted by Crippen LogP contribution is -2.34. The molecule has 3 rings (SSSR count). The normalized spacial score (nSPS) is 31.8. The molecule has 0 spiro atoms. The van der Waals surface area contributed by atoms with Gasteiger partial charge in [-0.3, -0.25) is 4.79 Å². The van der Waals surface area contributed by atoms with Gasteiger partial charge >= 0.3 is 0 Å². The fourth-order valence-electron chi connectivity index (χ4n) is 2.75. The number of hydrogen-bond acceptors (Lipinski definition) is 2. The van der Waals surface area contributed by atoms with E-state index in [9.17, 15) is 4.79 Å². The molecule has 0 unspecified atom stereocenters. The quantitative estimate of drug-likeness (QED) is 0.788. The van der Waals surface area contributed by atoms with Gasteiger partial charge < -0.3 is 4.74 Å². The number of allylic oxidation sites excluding steroid dienone is 1. The molecule has 1 aromatic carbocycles. The first-order valence-electron chi connectivity index (χ1n) is 6.39. The van der Waals surface area contributed by atoms with Crippen LogP contribution in [0.15, 0.2) is 46.5 Å². The number of ether oxygens (including phenoxy) is 1. The van der Waals surface area contributed by atoms with Crippen molar-refractivity contribution in [3.8, 4) is 0 Å². The van der Waals surface area contributed by atoms with Gasteiger partial charge in [-0.15, -0.1) is 0 Å². The molecule has 0 saturated carbocycles. The molecule has 1 heterocycles. The first kappa shape index (κ1) is 12.8. The van der Waals surface area contributed by atoms with E-state index < -0.39 is 0 Å². The summed E-state index contributed by atoms with van der Waals surface area (Å²) in [6.07, 6.45) is 6.26. The van der Waals surface area contributed by atoms with Crippen LogP contribution in [0.4, 0.5) is 0 Å². The molecule has 0 radical (unpaired) electrons. The topological polar surface area (TPSA) is 26.3 Å². The highest BCUT2D eigenvalue weighted by molar-refractivity contribution is 9.10. The monoisotopic (exact) mass is 318 g/mol. The van der Waals surface area contributed by atoms with Crippen molar-refractivity contribution in [2.24, 2.45) is 5.92 Å². The van der Waals surface area contributed by atoms with E-state index in [1.54, 1.807) is 6.08 Å². The van der Waals surface area contributed by atoms with Crippen LogP contribution < -0.4 is 0 Å². The summed E-state index contributed by atoms with van der Waals surface area (Å²) in [6.45, 7) is 2.66. The van der Waals surface area contributed by atoms with Crippen LogP contribution in [0, 0.1) is 5.92 Å². The van der Waals surface area contributed by atoms with Crippen LogP contribution in [0.3, 0.4) is 0 Å². The minimum absolute atomic E-state index is 0.175. The van der Waals surface area contributed by atoms with Crippen molar-refractivity contribution in [3.63, 3.8) is 0 Å². The molecule has 1 aromatic rings. The standard InChI is InChI=1S/C16H15BrO2/c1-16-7-6-14(18)9-15(16)12(10-19-16)8-11-2-4-13(17)5-3-11/h2-8,15H,9-10H2,1H3/b12-8-/t15-,16-/m0/s1. The number of ketones is 1. The van der Waals surface area contributed by atoms with Crippen LogP contribution in [-0.2, 0) is 9.53 Å². The van der Waals surface area contributed by atoms with E-state index in [0.29, 0.717) is 13.0 Å². The third-order valence-electron chi connectivity index (χ3n) is 3.92. The van der Waals surface area contributed by atoms with Gasteiger partial charge in [-0.05, 0) is 42.3 Å². The lowest BCUT2D eigenvalue weighted by Gasteiger charge is -2.29. The first-order valence-corrected chi connectivity index (χ1v) is 7.18. The summed E-state index contributed by atoms with van der Waals surface area (Å²) < 4.78 is 6.95. The van der Waals surface area contributed by atoms with E-state index in [1.165, 1.54) is 5.57 Å². The molecule has 19 heavy (non-hydrogen) atoms. The van der Waals surface area contributed by atoms with Gasteiger partial charge in [0.2, 0.25) is 0 Å². The van der Waals surface area contributed by atoms with E-state index in [2.05, 4.69) is 41.1 Å². The lowest BCUT2D eigenvalue weighted by molar-refractivity contribution is -0.117. The Morgan fingerprint density at radius 1 is 1.37 bits per heavy atom. The zero-order valence-electron chi connectivity index (χ0n) is 10.7. The average molecular weight is 319 g/mol. The second kappa shape index (κ2) is 4.73. The smallest absolute Gasteiger partial charge is 0.156 e. The number of carbonyl (C=O) groups is 1. The number of rotatable bonds is 1. The van der Waals surface area contributed by atoms with Gasteiger partial charge in [-0.2, -0.15) is 0 Å². The van der Waals surface area contributed by atoms with Gasteiger partial charge in [0, 0.05) is 16.8 Å². The van der Waals surface area contributed by atoms with Crippen LogP contribution in [0.25, 0.3) is 6.08 Å². The summed E-state index contributed by atoms with van der Waals surface area (Å²) in [6, 6.07) is 8.17. The molecule has 0 bridgehead atoms. The predicted molar refractivity (Wildman–Crippen MR) is 78.7 cm³/mol. The zero-order valence-corrected chi connectivity index (χ0v) is 12.3. The minimum Gasteiger partial charge on any atom is -0.366 e. The Bertz CT molecular complexity index is 571. The Labute approximate surface area is 121 Å². The van der Waals surface area contributed by atoms with Gasteiger partial charge in [0.05, 0.1) is 12.2 Å². The van der Waals surface area contributed by atoms with Crippen LogP contribution >= 0.6 is 15.9 Å². The number of fused-ring (bicyclic) bond motifs is 1. The maximum atomic E-state index is 11.6. The van der Waals surface area contributed by atoms with Crippen molar-refractivity contribution in [1.82, 2.24) is 0 Å². The van der Waals surface area contributed by atoms with Crippen LogP contribution in [-0.4, -0.2) is 18.0 Å². The lowest BCUT2D eigenvalue weighted by atomic mass is 9.78. The van der Waals surface area contributed by atoms with E-state index in [0.717, 1.165) is 10.0 Å². The zero-order chi connectivity index (χ0) is 13.5. The fraction of sp³-hybridized carbons (Fsp3) is 0.312. The highest BCUT2D eigenvalue weighted by Gasteiger charge is 2.44. The summed E-state index contributed by atoms with van der Waals surface area (Å²) in [5.41, 5.74) is 2.05. The second-order valence-corrected chi connectivity index (χ2v) is 6.22. The van der Waals surface area contributed by atoms with Crippen LogP contribution in [0.1, 0.15) is 18.9 Å². The molecule has 1 fully saturated rings. The van der Waals surface area contributed by atoms with Crippen molar-refractivity contribution < 1.29 is 9.53 Å². The SMILES string of the molecule is C[C@]12C=CC(=O)C[C@H]1/C(=C\c1ccc(Br)cc1)CO2. The molecular weight excluding hydrogens is 304 g/mol. The van der Waals surface area contributed by atoms with E-state index >= 15 is 0 Å². The average Bonchev–Trinajstić information content (AvgIpc) is 2.70. The van der Waals surface area contributed by atoms with Crippen LogP contribution in [0.2, 0.25) is 0 Å². The Morgan fingerprint density at radius 3 is 2.84 bits per heavy atom. The highest BCUT2D eigenvalue weighted by atomic mass is 79.9. The number of carbonyl (C=O) groups excluding carboxylic acids is 1. The number of benzene rings is 1. The van der Waals surface area contributed by atoms with Gasteiger partial charge in [-0.25, -0.2) is 0 Å². The maximum Gasteiger partial charge on any atom is 0.156 e. The molecule has 0 aromatic heterocycles. The van der Waals surface area contributed by atoms with Crippen molar-refractivity contribution >= 4 is 27.8 Å². The molecular formula is C16H15BrO2. The largest absolute Gasteiger partial charge is 0.366 e. The van der Waals surface area contributed by atoms with E-state index in [-0.39, 0.29) is 17.3 Å². The minimum atomic E-state index is -0.310. The molecule has 1 aliphatic carbocycles. The molecule has 2 atom stereocenters. The molecule has 98 valence electrons. The molecule has 1 aliphatic heterocycles. The number of halogens is 1. The molecule has 0 amide bonds. The second-order valence-electron chi connectivity index (χ2n) is 5.30. The molecule has 2 nitrogen and oxygen atoms in total. The summed E-state index contributed by atoms with van der Waals surface area (Å²) in [5, 5.41) is 0. The van der Waals surface area contributed by atoms with Gasteiger partial charge in [-0.1, -0.05) is 34.1 Å². The summed E-state index contributed by atoms with van der Waals surface area (Å²) in [5.74, 6) is 0.364. The van der Waals surface area contributed by atoms with Crippen molar-refractivity contribution in [3.05, 3.63) is 52.0 Å². The molecule has 2 aliphatic rings. The summed E-state index contributed by atoms with van der Waals surface area (Å²) in [4.78, 5) is 11.6. The van der Waals surface area contributed by atoms with Gasteiger partial charge in [0.15, 0.2) is 5.78 Å². The fourth-order valence-corrected chi connectivity index (χ4v) is 3.01. The van der Waals surface area contributed by atoms with Crippen LogP contribution in [0.5, 0.6) is 0 Å². The van der Waals surface area contributed by atoms with Crippen molar-refractivity contribution in [1.29, 1.82) is 0 Å². The van der Waals surface area contributed by atoms with E-state index in [1.807, 2.05) is 18.2 Å². The van der Waals surface area contributed by atoms with Crippen molar-refractivity contribution in [2.75, 3.05) is 6.61 Å². The predicted octanol–water partition coefficient (Wildman–Crippen LogP) is 3.77. The van der Waals surface area contributed by atoms with Crippen molar-refractivity contribution in [2.45, 2.75) is 18.9 Å². The van der Waals surface area contributed by atoms with Gasteiger partial charge in [0.1, 0.15) is 0 Å². The Balaban J connectivity index is 1.92. The maximum absolute atomic E-state index is 11.6. The summed E-state index contributed by atoms with van der Waals surface area (Å²) in [7, 11) is 0. The molecule has 1 saturated heterocycles.